The maximum absolute atomic E-state index is 12.1. The number of hydrogen-bond donors (Lipinski definition) is 2. The number of anilines is 1. The highest BCUT2D eigenvalue weighted by Gasteiger charge is 2.20. The Labute approximate surface area is 108 Å². The quantitative estimate of drug-likeness (QED) is 0.857. The van der Waals surface area contributed by atoms with Crippen LogP contribution in [0.3, 0.4) is 0 Å². The van der Waals surface area contributed by atoms with Gasteiger partial charge in [-0.25, -0.2) is 0 Å². The summed E-state index contributed by atoms with van der Waals surface area (Å²) < 4.78 is 1.74. The fourth-order valence-electron chi connectivity index (χ4n) is 2.46. The molecule has 0 radical (unpaired) electrons. The van der Waals surface area contributed by atoms with Crippen molar-refractivity contribution in [3.05, 3.63) is 11.9 Å². The fourth-order valence-corrected chi connectivity index (χ4v) is 2.46. The number of carbonyl (C=O) groups is 1. The van der Waals surface area contributed by atoms with E-state index in [2.05, 4.69) is 17.3 Å². The maximum atomic E-state index is 12.1. The number of nitrogens with one attached hydrogen (secondary N) is 1. The van der Waals surface area contributed by atoms with E-state index in [1.165, 1.54) is 19.3 Å². The Bertz CT molecular complexity index is 407. The third kappa shape index (κ3) is 3.03. The molecular formula is C13H22N4O. The van der Waals surface area contributed by atoms with Crippen molar-refractivity contribution in [2.75, 3.05) is 5.73 Å². The molecule has 1 saturated carbocycles. The minimum Gasteiger partial charge on any atom is -0.396 e. The van der Waals surface area contributed by atoms with E-state index in [1.807, 2.05) is 0 Å². The average Bonchev–Trinajstić information content (AvgIpc) is 2.72. The second-order valence-corrected chi connectivity index (χ2v) is 5.00. The largest absolute Gasteiger partial charge is 0.396 e. The van der Waals surface area contributed by atoms with Crippen molar-refractivity contribution >= 4 is 11.6 Å². The van der Waals surface area contributed by atoms with Gasteiger partial charge in [0.05, 0.1) is 5.69 Å². The van der Waals surface area contributed by atoms with Crippen molar-refractivity contribution in [1.82, 2.24) is 15.1 Å². The van der Waals surface area contributed by atoms with Gasteiger partial charge in [0.25, 0.3) is 5.91 Å². The van der Waals surface area contributed by atoms with Gasteiger partial charge >= 0.3 is 0 Å². The number of nitrogen functional groups attached to an aromatic ring is 1. The van der Waals surface area contributed by atoms with Gasteiger partial charge in [0.2, 0.25) is 0 Å². The van der Waals surface area contributed by atoms with Crippen molar-refractivity contribution < 1.29 is 4.79 Å². The number of nitrogens with zero attached hydrogens (tertiary/aromatic N) is 2. The number of carbonyl (C=O) groups excluding carboxylic acids is 1. The van der Waals surface area contributed by atoms with Crippen LogP contribution in [0.15, 0.2) is 6.20 Å². The molecule has 18 heavy (non-hydrogen) atoms. The van der Waals surface area contributed by atoms with E-state index in [1.54, 1.807) is 10.9 Å². The van der Waals surface area contributed by atoms with Crippen LogP contribution in [-0.2, 0) is 6.54 Å². The number of rotatable bonds is 4. The van der Waals surface area contributed by atoms with Gasteiger partial charge < -0.3 is 11.1 Å². The van der Waals surface area contributed by atoms with Crippen LogP contribution in [-0.4, -0.2) is 21.7 Å². The molecule has 100 valence electrons. The molecule has 5 heteroatoms. The van der Waals surface area contributed by atoms with E-state index in [9.17, 15) is 4.79 Å². The molecule has 0 spiro atoms. The molecule has 1 fully saturated rings. The minimum atomic E-state index is -0.130. The zero-order chi connectivity index (χ0) is 13.0. The van der Waals surface area contributed by atoms with Crippen molar-refractivity contribution in [3.8, 4) is 0 Å². The van der Waals surface area contributed by atoms with Crippen LogP contribution in [0, 0.1) is 0 Å². The summed E-state index contributed by atoms with van der Waals surface area (Å²) >= 11 is 0. The third-order valence-electron chi connectivity index (χ3n) is 3.40. The number of hydrogen-bond acceptors (Lipinski definition) is 3. The summed E-state index contributed by atoms with van der Waals surface area (Å²) in [7, 11) is 0. The molecule has 0 aromatic carbocycles. The molecule has 0 aliphatic heterocycles. The summed E-state index contributed by atoms with van der Waals surface area (Å²) in [5, 5.41) is 7.28. The van der Waals surface area contributed by atoms with Gasteiger partial charge in [0, 0.05) is 18.8 Å². The van der Waals surface area contributed by atoms with E-state index in [4.69, 9.17) is 5.73 Å². The molecule has 1 aromatic rings. The summed E-state index contributed by atoms with van der Waals surface area (Å²) in [6, 6.07) is 0.293. The van der Waals surface area contributed by atoms with Gasteiger partial charge in [-0.3, -0.25) is 9.48 Å². The molecule has 5 nitrogen and oxygen atoms in total. The van der Waals surface area contributed by atoms with Gasteiger partial charge in [-0.05, 0) is 19.3 Å². The molecule has 1 amide bonds. The van der Waals surface area contributed by atoms with Crippen LogP contribution >= 0.6 is 0 Å². The normalized spacial score (nSPS) is 16.7. The third-order valence-corrected chi connectivity index (χ3v) is 3.40. The van der Waals surface area contributed by atoms with Gasteiger partial charge in [-0.1, -0.05) is 26.2 Å². The molecule has 2 rings (SSSR count). The lowest BCUT2D eigenvalue weighted by molar-refractivity contribution is 0.0922. The lowest BCUT2D eigenvalue weighted by Gasteiger charge is -2.22. The number of amides is 1. The molecule has 0 saturated heterocycles. The monoisotopic (exact) mass is 250 g/mol. The van der Waals surface area contributed by atoms with E-state index >= 15 is 0 Å². The highest BCUT2D eigenvalue weighted by atomic mass is 16.2. The van der Waals surface area contributed by atoms with Crippen LogP contribution in [0.25, 0.3) is 0 Å². The summed E-state index contributed by atoms with van der Waals surface area (Å²) in [5.74, 6) is -0.130. The van der Waals surface area contributed by atoms with Crippen LogP contribution in [0.1, 0.15) is 55.9 Å². The van der Waals surface area contributed by atoms with Crippen LogP contribution in [0.2, 0.25) is 0 Å². The average molecular weight is 250 g/mol. The summed E-state index contributed by atoms with van der Waals surface area (Å²) in [6.07, 6.45) is 8.53. The molecule has 0 atom stereocenters. The van der Waals surface area contributed by atoms with E-state index in [0.29, 0.717) is 17.4 Å². The van der Waals surface area contributed by atoms with Crippen LogP contribution in [0.4, 0.5) is 5.69 Å². The Morgan fingerprint density at radius 3 is 2.89 bits per heavy atom. The van der Waals surface area contributed by atoms with Crippen LogP contribution < -0.4 is 11.1 Å². The van der Waals surface area contributed by atoms with Crippen molar-refractivity contribution in [2.45, 2.75) is 58.0 Å². The topological polar surface area (TPSA) is 72.9 Å². The van der Waals surface area contributed by atoms with Gasteiger partial charge in [-0.15, -0.1) is 0 Å². The molecule has 0 bridgehead atoms. The Hall–Kier alpha value is -1.52. The van der Waals surface area contributed by atoms with E-state index < -0.39 is 0 Å². The Kier molecular flexibility index (Phi) is 4.23. The summed E-state index contributed by atoms with van der Waals surface area (Å²) in [4.78, 5) is 12.1. The Morgan fingerprint density at radius 2 is 2.22 bits per heavy atom. The second kappa shape index (κ2) is 5.89. The van der Waals surface area contributed by atoms with Crippen LogP contribution in [0.5, 0.6) is 0 Å². The van der Waals surface area contributed by atoms with E-state index in [-0.39, 0.29) is 5.91 Å². The maximum Gasteiger partial charge on any atom is 0.274 e. The number of nitrogens with two attached hydrogens (primary N) is 1. The first kappa shape index (κ1) is 12.9. The van der Waals surface area contributed by atoms with Gasteiger partial charge in [-0.2, -0.15) is 5.10 Å². The first-order valence-electron chi connectivity index (χ1n) is 6.84. The second-order valence-electron chi connectivity index (χ2n) is 5.00. The Morgan fingerprint density at radius 1 is 1.50 bits per heavy atom. The molecule has 1 aliphatic rings. The molecular weight excluding hydrogens is 228 g/mol. The number of aromatic nitrogens is 2. The minimum absolute atomic E-state index is 0.130. The first-order chi connectivity index (χ1) is 8.70. The molecule has 1 aliphatic carbocycles. The Balaban J connectivity index is 1.99. The summed E-state index contributed by atoms with van der Waals surface area (Å²) in [5.41, 5.74) is 6.67. The predicted octanol–water partition coefficient (Wildman–Crippen LogP) is 1.94. The molecule has 1 aromatic heterocycles. The highest BCUT2D eigenvalue weighted by molar-refractivity contribution is 5.97. The lowest BCUT2D eigenvalue weighted by atomic mass is 9.95. The van der Waals surface area contributed by atoms with E-state index in [0.717, 1.165) is 25.8 Å². The zero-order valence-corrected chi connectivity index (χ0v) is 11.0. The summed E-state index contributed by atoms with van der Waals surface area (Å²) in [6.45, 7) is 2.86. The highest BCUT2D eigenvalue weighted by Crippen LogP contribution is 2.18. The van der Waals surface area contributed by atoms with Gasteiger partial charge in [0.1, 0.15) is 0 Å². The standard InChI is InChI=1S/C13H22N4O/c1-2-8-17-9-11(14)12(16-17)13(18)15-10-6-4-3-5-7-10/h9-10H,2-8,14H2,1H3,(H,15,18). The van der Waals surface area contributed by atoms with Crippen molar-refractivity contribution in [3.63, 3.8) is 0 Å². The first-order valence-corrected chi connectivity index (χ1v) is 6.84. The SMILES string of the molecule is CCCn1cc(N)c(C(=O)NC2CCCCC2)n1. The fraction of sp³-hybridized carbons (Fsp3) is 0.692. The smallest absolute Gasteiger partial charge is 0.274 e. The van der Waals surface area contributed by atoms with Crippen molar-refractivity contribution in [2.24, 2.45) is 0 Å². The molecule has 0 unspecified atom stereocenters. The van der Waals surface area contributed by atoms with Crippen molar-refractivity contribution in [1.29, 1.82) is 0 Å². The molecule has 3 N–H and O–H groups in total. The zero-order valence-electron chi connectivity index (χ0n) is 11.0. The molecule has 1 heterocycles. The predicted molar refractivity (Wildman–Crippen MR) is 71.3 cm³/mol. The number of aryl methyl sites for hydroxylation is 1. The lowest BCUT2D eigenvalue weighted by Crippen LogP contribution is -2.36. The van der Waals surface area contributed by atoms with Gasteiger partial charge in [0.15, 0.2) is 5.69 Å².